The Bertz CT molecular complexity index is 792. The van der Waals surface area contributed by atoms with Crippen LogP contribution in [0, 0.1) is 0 Å². The molecule has 3 rings (SSSR count). The highest BCUT2D eigenvalue weighted by atomic mass is 127. The molecule has 1 aliphatic heterocycles. The Balaban J connectivity index is 0.00000320. The highest BCUT2D eigenvalue weighted by Crippen LogP contribution is 2.41. The van der Waals surface area contributed by atoms with E-state index in [0.29, 0.717) is 24.8 Å². The summed E-state index contributed by atoms with van der Waals surface area (Å²) in [4.78, 5) is 4.94. The fourth-order valence-electron chi connectivity index (χ4n) is 3.76. The number of rotatable bonds is 8. The molecule has 1 aliphatic rings. The molecule has 0 spiro atoms. The maximum Gasteiger partial charge on any atom is 0.191 e. The Labute approximate surface area is 201 Å². The first-order valence-electron chi connectivity index (χ1n) is 10.2. The van der Waals surface area contributed by atoms with Crippen molar-refractivity contribution in [3.63, 3.8) is 0 Å². The van der Waals surface area contributed by atoms with Crippen molar-refractivity contribution in [2.45, 2.75) is 31.7 Å². The van der Waals surface area contributed by atoms with Crippen LogP contribution in [0.4, 0.5) is 0 Å². The number of hydrogen-bond donors (Lipinski definition) is 2. The third-order valence-corrected chi connectivity index (χ3v) is 5.63. The van der Waals surface area contributed by atoms with Crippen molar-refractivity contribution in [3.8, 4) is 5.75 Å². The molecule has 0 saturated carbocycles. The number of guanidine groups is 1. The number of nitrogens with one attached hydrogen (secondary N) is 2. The summed E-state index contributed by atoms with van der Waals surface area (Å²) in [6.07, 6.45) is 5.90. The van der Waals surface area contributed by atoms with E-state index in [2.05, 4.69) is 34.5 Å². The summed E-state index contributed by atoms with van der Waals surface area (Å²) in [5.41, 5.74) is 0.958. The van der Waals surface area contributed by atoms with Crippen molar-refractivity contribution in [3.05, 3.63) is 53.3 Å². The molecular formula is C22H32ClIN4O2. The lowest BCUT2D eigenvalue weighted by atomic mass is 9.73. The van der Waals surface area contributed by atoms with Gasteiger partial charge in [0, 0.05) is 61.2 Å². The standard InChI is InChI=1S/C22H31ClN4O2.HI/c1-3-24-21(25-10-13-27-11-4-5-12-27)26-17-22(8-14-29-15-9-22)19-16-18(23)6-7-20(19)28-2;/h4-7,11-12,16H,3,8-10,13-15,17H2,1-2H3,(H2,24,25,26);1H. The smallest absolute Gasteiger partial charge is 0.191 e. The Kier molecular flexibility index (Phi) is 10.3. The number of aliphatic imine (C=N–C) groups is 1. The van der Waals surface area contributed by atoms with Gasteiger partial charge in [0.1, 0.15) is 5.75 Å². The molecule has 6 nitrogen and oxygen atoms in total. The lowest BCUT2D eigenvalue weighted by Gasteiger charge is -2.37. The van der Waals surface area contributed by atoms with E-state index in [4.69, 9.17) is 26.1 Å². The molecule has 30 heavy (non-hydrogen) atoms. The Morgan fingerprint density at radius 2 is 1.97 bits per heavy atom. The molecule has 0 unspecified atom stereocenters. The van der Waals surface area contributed by atoms with E-state index in [9.17, 15) is 0 Å². The summed E-state index contributed by atoms with van der Waals surface area (Å²) in [7, 11) is 1.70. The van der Waals surface area contributed by atoms with E-state index in [1.807, 2.05) is 30.3 Å². The van der Waals surface area contributed by atoms with Gasteiger partial charge in [-0.05, 0) is 50.1 Å². The fraction of sp³-hybridized carbons (Fsp3) is 0.500. The minimum atomic E-state index is -0.155. The third-order valence-electron chi connectivity index (χ3n) is 5.40. The number of hydrogen-bond acceptors (Lipinski definition) is 3. The van der Waals surface area contributed by atoms with Gasteiger partial charge < -0.3 is 24.7 Å². The van der Waals surface area contributed by atoms with E-state index in [0.717, 1.165) is 49.7 Å². The normalized spacial score (nSPS) is 15.9. The SMILES string of the molecule is CCNC(=NCC1(c2cc(Cl)ccc2OC)CCOCC1)NCCn1cccc1.I. The summed E-state index contributed by atoms with van der Waals surface area (Å²) >= 11 is 6.34. The van der Waals surface area contributed by atoms with Crippen LogP contribution in [0.15, 0.2) is 47.7 Å². The van der Waals surface area contributed by atoms with Gasteiger partial charge in [0.05, 0.1) is 13.7 Å². The van der Waals surface area contributed by atoms with Gasteiger partial charge in [-0.15, -0.1) is 24.0 Å². The average Bonchev–Trinajstić information content (AvgIpc) is 3.26. The van der Waals surface area contributed by atoms with Gasteiger partial charge in [0.15, 0.2) is 5.96 Å². The fourth-order valence-corrected chi connectivity index (χ4v) is 3.94. The lowest BCUT2D eigenvalue weighted by molar-refractivity contribution is 0.0523. The molecule has 0 aliphatic carbocycles. The van der Waals surface area contributed by atoms with Gasteiger partial charge in [-0.25, -0.2) is 0 Å². The van der Waals surface area contributed by atoms with Crippen LogP contribution in [-0.2, 0) is 16.7 Å². The molecule has 2 heterocycles. The molecule has 1 fully saturated rings. The maximum absolute atomic E-state index is 6.34. The highest BCUT2D eigenvalue weighted by molar-refractivity contribution is 14.0. The Morgan fingerprint density at radius 3 is 2.63 bits per heavy atom. The second-order valence-corrected chi connectivity index (χ2v) is 7.72. The first-order chi connectivity index (χ1) is 14.2. The van der Waals surface area contributed by atoms with E-state index >= 15 is 0 Å². The second-order valence-electron chi connectivity index (χ2n) is 7.28. The van der Waals surface area contributed by atoms with Crippen LogP contribution < -0.4 is 15.4 Å². The monoisotopic (exact) mass is 546 g/mol. The van der Waals surface area contributed by atoms with Crippen LogP contribution in [-0.4, -0.2) is 50.5 Å². The van der Waals surface area contributed by atoms with Crippen molar-refractivity contribution >= 4 is 41.5 Å². The van der Waals surface area contributed by atoms with Crippen molar-refractivity contribution in [1.29, 1.82) is 0 Å². The van der Waals surface area contributed by atoms with Crippen molar-refractivity contribution < 1.29 is 9.47 Å². The first-order valence-corrected chi connectivity index (χ1v) is 10.6. The van der Waals surface area contributed by atoms with Gasteiger partial charge in [-0.2, -0.15) is 0 Å². The quantitative estimate of drug-likeness (QED) is 0.298. The van der Waals surface area contributed by atoms with E-state index in [1.54, 1.807) is 7.11 Å². The Morgan fingerprint density at radius 1 is 1.23 bits per heavy atom. The summed E-state index contributed by atoms with van der Waals surface area (Å²) in [5, 5.41) is 7.50. The molecule has 1 saturated heterocycles. The summed E-state index contributed by atoms with van der Waals surface area (Å²) < 4.78 is 13.5. The molecule has 1 aromatic heterocycles. The van der Waals surface area contributed by atoms with E-state index in [-0.39, 0.29) is 29.4 Å². The molecule has 0 radical (unpaired) electrons. The third kappa shape index (κ3) is 6.52. The summed E-state index contributed by atoms with van der Waals surface area (Å²) in [6, 6.07) is 9.90. The van der Waals surface area contributed by atoms with Crippen molar-refractivity contribution in [2.24, 2.45) is 4.99 Å². The maximum atomic E-state index is 6.34. The molecule has 2 N–H and O–H groups in total. The molecule has 0 amide bonds. The molecule has 8 heteroatoms. The number of methoxy groups -OCH3 is 1. The number of benzene rings is 1. The number of halogens is 2. The van der Waals surface area contributed by atoms with E-state index < -0.39 is 0 Å². The van der Waals surface area contributed by atoms with E-state index in [1.165, 1.54) is 0 Å². The molecule has 0 bridgehead atoms. The van der Waals surface area contributed by atoms with Gasteiger partial charge in [-0.1, -0.05) is 11.6 Å². The lowest BCUT2D eigenvalue weighted by Crippen LogP contribution is -2.42. The second kappa shape index (κ2) is 12.4. The van der Waals surface area contributed by atoms with Gasteiger partial charge >= 0.3 is 0 Å². The molecule has 1 aromatic carbocycles. The van der Waals surface area contributed by atoms with Crippen molar-refractivity contribution in [2.75, 3.05) is 40.0 Å². The van der Waals surface area contributed by atoms with Crippen LogP contribution in [0.25, 0.3) is 0 Å². The predicted molar refractivity (Wildman–Crippen MR) is 134 cm³/mol. The van der Waals surface area contributed by atoms with Crippen LogP contribution in [0.5, 0.6) is 5.75 Å². The van der Waals surface area contributed by atoms with Crippen LogP contribution in [0.3, 0.4) is 0 Å². The zero-order valence-electron chi connectivity index (χ0n) is 17.7. The molecular weight excluding hydrogens is 515 g/mol. The van der Waals surface area contributed by atoms with Gasteiger partial charge in [0.25, 0.3) is 0 Å². The number of ether oxygens (including phenoxy) is 2. The average molecular weight is 547 g/mol. The minimum absolute atomic E-state index is 0. The molecule has 0 atom stereocenters. The topological polar surface area (TPSA) is 59.8 Å². The van der Waals surface area contributed by atoms with Crippen LogP contribution >= 0.6 is 35.6 Å². The van der Waals surface area contributed by atoms with Crippen LogP contribution in [0.1, 0.15) is 25.3 Å². The zero-order chi connectivity index (χ0) is 20.5. The molecule has 166 valence electrons. The summed E-state index contributed by atoms with van der Waals surface area (Å²) in [6.45, 7) is 6.65. The zero-order valence-corrected chi connectivity index (χ0v) is 20.8. The predicted octanol–water partition coefficient (Wildman–Crippen LogP) is 4.07. The largest absolute Gasteiger partial charge is 0.496 e. The van der Waals surface area contributed by atoms with Gasteiger partial charge in [-0.3, -0.25) is 4.99 Å². The molecule has 2 aromatic rings. The highest BCUT2D eigenvalue weighted by Gasteiger charge is 2.37. The first kappa shape index (κ1) is 24.8. The number of nitrogens with zero attached hydrogens (tertiary/aromatic N) is 2. The van der Waals surface area contributed by atoms with Gasteiger partial charge in [0.2, 0.25) is 0 Å². The van der Waals surface area contributed by atoms with Crippen molar-refractivity contribution in [1.82, 2.24) is 15.2 Å². The van der Waals surface area contributed by atoms with Crippen LogP contribution in [0.2, 0.25) is 5.02 Å². The summed E-state index contributed by atoms with van der Waals surface area (Å²) in [5.74, 6) is 1.68. The minimum Gasteiger partial charge on any atom is -0.496 e. The Hall–Kier alpha value is -1.45. The number of aromatic nitrogens is 1.